The van der Waals surface area contributed by atoms with Crippen LogP contribution in [-0.2, 0) is 6.42 Å². The number of pyridine rings is 1. The van der Waals surface area contributed by atoms with Crippen LogP contribution in [0.1, 0.15) is 19.4 Å². The molecule has 0 spiro atoms. The summed E-state index contributed by atoms with van der Waals surface area (Å²) in [5.41, 5.74) is 7.27. The minimum atomic E-state index is 0.248. The first-order valence-corrected chi connectivity index (χ1v) is 6.56. The molecule has 1 atom stereocenters. The van der Waals surface area contributed by atoms with Crippen molar-refractivity contribution in [2.75, 3.05) is 11.5 Å². The van der Waals surface area contributed by atoms with Crippen molar-refractivity contribution >= 4 is 11.8 Å². The van der Waals surface area contributed by atoms with Gasteiger partial charge in [-0.05, 0) is 29.7 Å². The van der Waals surface area contributed by atoms with Crippen molar-refractivity contribution in [1.82, 2.24) is 4.98 Å². The summed E-state index contributed by atoms with van der Waals surface area (Å²) < 4.78 is 0. The van der Waals surface area contributed by atoms with Crippen molar-refractivity contribution in [2.45, 2.75) is 26.3 Å². The van der Waals surface area contributed by atoms with Crippen molar-refractivity contribution in [3.05, 3.63) is 30.1 Å². The average Bonchev–Trinajstić information content (AvgIpc) is 2.18. The molecule has 15 heavy (non-hydrogen) atoms. The summed E-state index contributed by atoms with van der Waals surface area (Å²) in [6.07, 6.45) is 4.62. The predicted molar refractivity (Wildman–Crippen MR) is 68.1 cm³/mol. The molecule has 1 rings (SSSR count). The smallest absolute Gasteiger partial charge is 0.0300 e. The second-order valence-corrected chi connectivity index (χ2v) is 5.33. The molecule has 0 aliphatic carbocycles. The van der Waals surface area contributed by atoms with Crippen LogP contribution in [-0.4, -0.2) is 22.5 Å². The molecule has 0 fully saturated rings. The van der Waals surface area contributed by atoms with E-state index in [9.17, 15) is 0 Å². The van der Waals surface area contributed by atoms with Gasteiger partial charge in [0.2, 0.25) is 0 Å². The zero-order valence-corrected chi connectivity index (χ0v) is 10.3. The summed E-state index contributed by atoms with van der Waals surface area (Å²) >= 11 is 1.94. The molecular formula is C12H20N2S. The zero-order valence-electron chi connectivity index (χ0n) is 9.52. The molecule has 2 nitrogen and oxygen atoms in total. The Morgan fingerprint density at radius 3 is 2.80 bits per heavy atom. The van der Waals surface area contributed by atoms with Crippen molar-refractivity contribution in [3.8, 4) is 0 Å². The van der Waals surface area contributed by atoms with Crippen LogP contribution in [0.25, 0.3) is 0 Å². The van der Waals surface area contributed by atoms with E-state index in [0.717, 1.165) is 18.1 Å². The van der Waals surface area contributed by atoms with Gasteiger partial charge in [0.25, 0.3) is 0 Å². The molecule has 1 unspecified atom stereocenters. The quantitative estimate of drug-likeness (QED) is 0.806. The zero-order chi connectivity index (χ0) is 11.1. The van der Waals surface area contributed by atoms with Crippen LogP contribution >= 0.6 is 11.8 Å². The summed E-state index contributed by atoms with van der Waals surface area (Å²) in [5.74, 6) is 2.98. The Kier molecular flexibility index (Phi) is 5.73. The maximum absolute atomic E-state index is 6.04. The van der Waals surface area contributed by atoms with E-state index in [1.54, 1.807) is 6.20 Å². The van der Waals surface area contributed by atoms with Gasteiger partial charge in [-0.2, -0.15) is 11.8 Å². The first-order valence-electron chi connectivity index (χ1n) is 5.40. The van der Waals surface area contributed by atoms with Gasteiger partial charge in [0.1, 0.15) is 0 Å². The monoisotopic (exact) mass is 224 g/mol. The molecule has 1 aromatic rings. The van der Waals surface area contributed by atoms with Gasteiger partial charge in [0.05, 0.1) is 0 Å². The van der Waals surface area contributed by atoms with Crippen LogP contribution in [0.2, 0.25) is 0 Å². The van der Waals surface area contributed by atoms with Crippen LogP contribution in [0, 0.1) is 5.92 Å². The van der Waals surface area contributed by atoms with E-state index in [0.29, 0.717) is 0 Å². The third-order valence-electron chi connectivity index (χ3n) is 2.00. The van der Waals surface area contributed by atoms with E-state index in [2.05, 4.69) is 24.9 Å². The highest BCUT2D eigenvalue weighted by Gasteiger charge is 2.04. The molecular weight excluding hydrogens is 204 g/mol. The fraction of sp³-hybridized carbons (Fsp3) is 0.583. The highest BCUT2D eigenvalue weighted by atomic mass is 32.2. The minimum absolute atomic E-state index is 0.248. The molecule has 1 heterocycles. The molecule has 0 bridgehead atoms. The van der Waals surface area contributed by atoms with E-state index in [1.807, 2.05) is 24.0 Å². The number of nitrogens with two attached hydrogens (primary N) is 1. The molecule has 0 aromatic carbocycles. The van der Waals surface area contributed by atoms with Gasteiger partial charge < -0.3 is 5.73 Å². The van der Waals surface area contributed by atoms with Gasteiger partial charge in [-0.15, -0.1) is 0 Å². The Bertz CT molecular complexity index is 262. The molecule has 2 N–H and O–H groups in total. The Morgan fingerprint density at radius 1 is 1.40 bits per heavy atom. The van der Waals surface area contributed by atoms with Crippen LogP contribution in [0.5, 0.6) is 0 Å². The van der Waals surface area contributed by atoms with Gasteiger partial charge in [0.15, 0.2) is 0 Å². The predicted octanol–water partition coefficient (Wildman–Crippen LogP) is 2.34. The number of rotatable bonds is 6. The van der Waals surface area contributed by atoms with Crippen molar-refractivity contribution in [3.63, 3.8) is 0 Å². The molecule has 1 aromatic heterocycles. The van der Waals surface area contributed by atoms with Crippen molar-refractivity contribution in [2.24, 2.45) is 11.7 Å². The van der Waals surface area contributed by atoms with Crippen LogP contribution in [0.3, 0.4) is 0 Å². The van der Waals surface area contributed by atoms with E-state index < -0.39 is 0 Å². The molecule has 0 saturated carbocycles. The average molecular weight is 224 g/mol. The number of nitrogens with zero attached hydrogens (tertiary/aromatic N) is 1. The standard InChI is InChI=1S/C12H20N2S/c1-10(2)8-15-9-12(13)6-11-4-3-5-14-7-11/h3-5,7,10,12H,6,8-9,13H2,1-2H3. The first kappa shape index (κ1) is 12.5. The Labute approximate surface area is 96.7 Å². The summed E-state index contributed by atoms with van der Waals surface area (Å²) in [6.45, 7) is 4.47. The molecule has 0 aliphatic rings. The van der Waals surface area contributed by atoms with Gasteiger partial charge in [-0.25, -0.2) is 0 Å². The van der Waals surface area contributed by atoms with Crippen LogP contribution < -0.4 is 5.73 Å². The summed E-state index contributed by atoms with van der Waals surface area (Å²) in [6, 6.07) is 4.29. The first-order chi connectivity index (χ1) is 7.18. The number of hydrogen-bond acceptors (Lipinski definition) is 3. The van der Waals surface area contributed by atoms with Gasteiger partial charge in [0, 0.05) is 24.2 Å². The highest BCUT2D eigenvalue weighted by molar-refractivity contribution is 7.99. The second-order valence-electron chi connectivity index (χ2n) is 4.26. The topological polar surface area (TPSA) is 38.9 Å². The third kappa shape index (κ3) is 5.80. The number of thioether (sulfide) groups is 1. The summed E-state index contributed by atoms with van der Waals surface area (Å²) in [5, 5.41) is 0. The van der Waals surface area contributed by atoms with Crippen LogP contribution in [0.4, 0.5) is 0 Å². The van der Waals surface area contributed by atoms with Gasteiger partial charge in [-0.1, -0.05) is 19.9 Å². The van der Waals surface area contributed by atoms with Gasteiger partial charge >= 0.3 is 0 Å². The van der Waals surface area contributed by atoms with Crippen LogP contribution in [0.15, 0.2) is 24.5 Å². The molecule has 84 valence electrons. The Hall–Kier alpha value is -0.540. The molecule has 0 saturated heterocycles. The SMILES string of the molecule is CC(C)CSCC(N)Cc1cccnc1. The van der Waals surface area contributed by atoms with E-state index in [1.165, 1.54) is 11.3 Å². The second kappa shape index (κ2) is 6.85. The maximum Gasteiger partial charge on any atom is 0.0300 e. The van der Waals surface area contributed by atoms with E-state index >= 15 is 0 Å². The molecule has 3 heteroatoms. The van der Waals surface area contributed by atoms with Gasteiger partial charge in [-0.3, -0.25) is 4.98 Å². The minimum Gasteiger partial charge on any atom is -0.327 e. The number of aromatic nitrogens is 1. The maximum atomic E-state index is 6.04. The van der Waals surface area contributed by atoms with Crippen molar-refractivity contribution in [1.29, 1.82) is 0 Å². The largest absolute Gasteiger partial charge is 0.327 e. The summed E-state index contributed by atoms with van der Waals surface area (Å²) in [7, 11) is 0. The third-order valence-corrected chi connectivity index (χ3v) is 3.57. The molecule has 0 radical (unpaired) electrons. The number of hydrogen-bond donors (Lipinski definition) is 1. The highest BCUT2D eigenvalue weighted by Crippen LogP contribution is 2.10. The lowest BCUT2D eigenvalue weighted by atomic mass is 10.1. The fourth-order valence-electron chi connectivity index (χ4n) is 1.34. The molecule has 0 aliphatic heterocycles. The fourth-order valence-corrected chi connectivity index (χ4v) is 2.36. The summed E-state index contributed by atoms with van der Waals surface area (Å²) in [4.78, 5) is 4.08. The Balaban J connectivity index is 2.21. The van der Waals surface area contributed by atoms with E-state index in [-0.39, 0.29) is 6.04 Å². The Morgan fingerprint density at radius 2 is 2.20 bits per heavy atom. The molecule has 0 amide bonds. The lowest BCUT2D eigenvalue weighted by Crippen LogP contribution is -2.26. The lowest BCUT2D eigenvalue weighted by molar-refractivity contribution is 0.730. The van der Waals surface area contributed by atoms with Crippen molar-refractivity contribution < 1.29 is 0 Å². The van der Waals surface area contributed by atoms with E-state index in [4.69, 9.17) is 5.73 Å². The lowest BCUT2D eigenvalue weighted by Gasteiger charge is -2.11. The normalized spacial score (nSPS) is 13.1.